The molecular weight excluding hydrogens is 462 g/mol. The fourth-order valence-corrected chi connectivity index (χ4v) is 3.24. The highest BCUT2D eigenvalue weighted by atomic mass is 35.5. The summed E-state index contributed by atoms with van der Waals surface area (Å²) in [5.41, 5.74) is 1.60. The van der Waals surface area contributed by atoms with E-state index in [0.717, 1.165) is 5.56 Å². The first-order valence-corrected chi connectivity index (χ1v) is 10.8. The number of rotatable bonds is 9. The van der Waals surface area contributed by atoms with Crippen molar-refractivity contribution in [3.05, 3.63) is 80.6 Å². The molecule has 0 aliphatic rings. The van der Waals surface area contributed by atoms with Gasteiger partial charge in [-0.15, -0.1) is 0 Å². The van der Waals surface area contributed by atoms with Gasteiger partial charge >= 0.3 is 0 Å². The van der Waals surface area contributed by atoms with E-state index in [0.29, 0.717) is 23.5 Å². The number of aryl methyl sites for hydroxylation is 1. The third-order valence-electron chi connectivity index (χ3n) is 4.81. The SMILES string of the molecule is CC(C)CNC(=O)c1c(NC(=O)c2ccc(COc3ccc([N+](=O)[O-])cc3Cl)cc2)cnn1C. The minimum atomic E-state index is -0.536. The summed E-state index contributed by atoms with van der Waals surface area (Å²) in [7, 11) is 1.63. The minimum absolute atomic E-state index is 0.123. The third kappa shape index (κ3) is 6.10. The number of hydrogen-bond acceptors (Lipinski definition) is 6. The van der Waals surface area contributed by atoms with Crippen molar-refractivity contribution in [2.45, 2.75) is 20.5 Å². The monoisotopic (exact) mass is 485 g/mol. The molecule has 2 amide bonds. The molecular formula is C23H24ClN5O5. The Balaban J connectivity index is 1.63. The van der Waals surface area contributed by atoms with Gasteiger partial charge in [-0.2, -0.15) is 5.10 Å². The van der Waals surface area contributed by atoms with Crippen LogP contribution in [0.2, 0.25) is 5.02 Å². The first-order chi connectivity index (χ1) is 16.2. The van der Waals surface area contributed by atoms with Crippen LogP contribution in [0.5, 0.6) is 5.75 Å². The molecule has 1 aromatic heterocycles. The number of nitrogens with one attached hydrogen (secondary N) is 2. The fourth-order valence-electron chi connectivity index (χ4n) is 3.01. The molecule has 0 unspecified atom stereocenters. The molecule has 11 heteroatoms. The number of nitro groups is 1. The lowest BCUT2D eigenvalue weighted by atomic mass is 10.1. The highest BCUT2D eigenvalue weighted by molar-refractivity contribution is 6.32. The maximum Gasteiger partial charge on any atom is 0.271 e. The van der Waals surface area contributed by atoms with Gasteiger partial charge in [0.2, 0.25) is 0 Å². The van der Waals surface area contributed by atoms with E-state index in [1.165, 1.54) is 29.1 Å². The highest BCUT2D eigenvalue weighted by Crippen LogP contribution is 2.29. The van der Waals surface area contributed by atoms with Gasteiger partial charge in [-0.05, 0) is 29.7 Å². The van der Waals surface area contributed by atoms with Crippen molar-refractivity contribution in [2.75, 3.05) is 11.9 Å². The van der Waals surface area contributed by atoms with Crippen LogP contribution in [0.1, 0.15) is 40.3 Å². The molecule has 0 atom stereocenters. The largest absolute Gasteiger partial charge is 0.487 e. The van der Waals surface area contributed by atoms with Gasteiger partial charge in [0.25, 0.3) is 17.5 Å². The zero-order chi connectivity index (χ0) is 24.8. The predicted octanol–water partition coefficient (Wildman–Crippen LogP) is 4.20. The summed E-state index contributed by atoms with van der Waals surface area (Å²) in [6.07, 6.45) is 1.43. The van der Waals surface area contributed by atoms with E-state index in [2.05, 4.69) is 15.7 Å². The van der Waals surface area contributed by atoms with E-state index in [4.69, 9.17) is 16.3 Å². The van der Waals surface area contributed by atoms with Crippen molar-refractivity contribution >= 4 is 34.8 Å². The average Bonchev–Trinajstić information content (AvgIpc) is 3.16. The van der Waals surface area contributed by atoms with E-state index in [9.17, 15) is 19.7 Å². The zero-order valence-electron chi connectivity index (χ0n) is 18.9. The number of anilines is 1. The lowest BCUT2D eigenvalue weighted by Gasteiger charge is -2.11. The third-order valence-corrected chi connectivity index (χ3v) is 5.11. The van der Waals surface area contributed by atoms with Crippen LogP contribution in [0.15, 0.2) is 48.7 Å². The molecule has 0 aliphatic heterocycles. The molecule has 0 radical (unpaired) electrons. The number of benzene rings is 2. The lowest BCUT2D eigenvalue weighted by molar-refractivity contribution is -0.384. The summed E-state index contributed by atoms with van der Waals surface area (Å²) in [6, 6.07) is 10.7. The Morgan fingerprint density at radius 2 is 1.88 bits per heavy atom. The van der Waals surface area contributed by atoms with Crippen LogP contribution in [-0.2, 0) is 13.7 Å². The molecule has 0 saturated heterocycles. The van der Waals surface area contributed by atoms with Gasteiger partial charge in [-0.1, -0.05) is 37.6 Å². The van der Waals surface area contributed by atoms with Gasteiger partial charge in [-0.3, -0.25) is 24.4 Å². The van der Waals surface area contributed by atoms with Crippen LogP contribution in [-0.4, -0.2) is 33.1 Å². The number of aromatic nitrogens is 2. The number of carbonyl (C=O) groups excluding carboxylic acids is 2. The van der Waals surface area contributed by atoms with Crippen LogP contribution in [0.4, 0.5) is 11.4 Å². The Kier molecular flexibility index (Phi) is 7.85. The summed E-state index contributed by atoms with van der Waals surface area (Å²) >= 11 is 6.04. The minimum Gasteiger partial charge on any atom is -0.487 e. The van der Waals surface area contributed by atoms with E-state index in [1.54, 1.807) is 31.3 Å². The summed E-state index contributed by atoms with van der Waals surface area (Å²) in [5.74, 6) is -0.110. The smallest absolute Gasteiger partial charge is 0.271 e. The van der Waals surface area contributed by atoms with Gasteiger partial charge < -0.3 is 15.4 Å². The number of nitrogens with zero attached hydrogens (tertiary/aromatic N) is 3. The van der Waals surface area contributed by atoms with Crippen LogP contribution in [0.3, 0.4) is 0 Å². The van der Waals surface area contributed by atoms with E-state index >= 15 is 0 Å². The molecule has 34 heavy (non-hydrogen) atoms. The Morgan fingerprint density at radius 1 is 1.18 bits per heavy atom. The average molecular weight is 486 g/mol. The van der Waals surface area contributed by atoms with Gasteiger partial charge in [0.1, 0.15) is 18.1 Å². The van der Waals surface area contributed by atoms with Crippen molar-refractivity contribution in [1.29, 1.82) is 0 Å². The number of hydrogen-bond donors (Lipinski definition) is 2. The molecule has 0 saturated carbocycles. The summed E-state index contributed by atoms with van der Waals surface area (Å²) in [5, 5.41) is 20.6. The molecule has 0 spiro atoms. The maximum atomic E-state index is 12.7. The number of ether oxygens (including phenoxy) is 1. The molecule has 10 nitrogen and oxygen atoms in total. The van der Waals surface area contributed by atoms with Crippen molar-refractivity contribution < 1.29 is 19.2 Å². The van der Waals surface area contributed by atoms with Gasteiger partial charge in [0, 0.05) is 31.3 Å². The summed E-state index contributed by atoms with van der Waals surface area (Å²) in [6.45, 7) is 4.64. The number of amides is 2. The Hall–Kier alpha value is -3.92. The van der Waals surface area contributed by atoms with Crippen LogP contribution in [0, 0.1) is 16.0 Å². The predicted molar refractivity (Wildman–Crippen MR) is 127 cm³/mol. The molecule has 3 aromatic rings. The van der Waals surface area contributed by atoms with Crippen molar-refractivity contribution in [2.24, 2.45) is 13.0 Å². The maximum absolute atomic E-state index is 12.7. The van der Waals surface area contributed by atoms with E-state index < -0.39 is 10.8 Å². The van der Waals surface area contributed by atoms with Crippen molar-refractivity contribution in [3.63, 3.8) is 0 Å². The first kappa shape index (κ1) is 24.7. The van der Waals surface area contributed by atoms with Crippen molar-refractivity contribution in [1.82, 2.24) is 15.1 Å². The fraction of sp³-hybridized carbons (Fsp3) is 0.261. The molecule has 2 N–H and O–H groups in total. The highest BCUT2D eigenvalue weighted by Gasteiger charge is 2.19. The summed E-state index contributed by atoms with van der Waals surface area (Å²) < 4.78 is 7.04. The number of non-ortho nitro benzene ring substituents is 1. The number of carbonyl (C=O) groups is 2. The molecule has 178 valence electrons. The molecule has 0 bridgehead atoms. The number of nitro benzene ring substituents is 1. The zero-order valence-corrected chi connectivity index (χ0v) is 19.6. The molecule has 2 aromatic carbocycles. The van der Waals surface area contributed by atoms with E-state index in [-0.39, 0.29) is 34.8 Å². The molecule has 1 heterocycles. The van der Waals surface area contributed by atoms with Crippen molar-refractivity contribution in [3.8, 4) is 5.75 Å². The molecule has 3 rings (SSSR count). The Morgan fingerprint density at radius 3 is 2.50 bits per heavy atom. The normalized spacial score (nSPS) is 10.7. The van der Waals surface area contributed by atoms with E-state index in [1.807, 2.05) is 13.8 Å². The van der Waals surface area contributed by atoms with Gasteiger partial charge in [-0.25, -0.2) is 0 Å². The quantitative estimate of drug-likeness (QED) is 0.345. The Labute approximate surface area is 201 Å². The second-order valence-corrected chi connectivity index (χ2v) is 8.35. The van der Waals surface area contributed by atoms with Gasteiger partial charge in [0.15, 0.2) is 0 Å². The van der Waals surface area contributed by atoms with Crippen LogP contribution >= 0.6 is 11.6 Å². The number of halogens is 1. The first-order valence-electron chi connectivity index (χ1n) is 10.4. The van der Waals surface area contributed by atoms with Crippen LogP contribution < -0.4 is 15.4 Å². The molecule has 0 fully saturated rings. The van der Waals surface area contributed by atoms with Crippen LogP contribution in [0.25, 0.3) is 0 Å². The topological polar surface area (TPSA) is 128 Å². The Bertz CT molecular complexity index is 1210. The second kappa shape index (κ2) is 10.8. The lowest BCUT2D eigenvalue weighted by Crippen LogP contribution is -2.30. The molecule has 0 aliphatic carbocycles. The summed E-state index contributed by atoms with van der Waals surface area (Å²) in [4.78, 5) is 35.5. The second-order valence-electron chi connectivity index (χ2n) is 7.95. The van der Waals surface area contributed by atoms with Gasteiger partial charge in [0.05, 0.1) is 21.8 Å². The standard InChI is InChI=1S/C23H24ClN5O5/c1-14(2)11-25-23(31)21-19(12-26-28(21)3)27-22(30)16-6-4-15(5-7-16)13-34-20-9-8-17(29(32)33)10-18(20)24/h4-10,12,14H,11,13H2,1-3H3,(H,25,31)(H,27,30).